The Morgan fingerprint density at radius 3 is 1.37 bits per heavy atom. The molecule has 0 N–H and O–H groups in total. The van der Waals surface area contributed by atoms with Crippen molar-refractivity contribution in [3.63, 3.8) is 0 Å². The molecule has 0 atom stereocenters. The van der Waals surface area contributed by atoms with E-state index in [1.54, 1.807) is 0 Å². The van der Waals surface area contributed by atoms with Crippen molar-refractivity contribution in [1.29, 1.82) is 0 Å². The second kappa shape index (κ2) is 7.94. The van der Waals surface area contributed by atoms with Crippen molar-refractivity contribution in [3.8, 4) is 11.5 Å². The molecule has 0 fully saturated rings. The zero-order chi connectivity index (χ0) is 13.5. The van der Waals surface area contributed by atoms with E-state index < -0.39 is 0 Å². The lowest BCUT2D eigenvalue weighted by Crippen LogP contribution is -2.04. The summed E-state index contributed by atoms with van der Waals surface area (Å²) in [7, 11) is 0. The molecule has 0 bridgehead atoms. The smallest absolute Gasteiger partial charge is 0.119 e. The third-order valence-corrected chi connectivity index (χ3v) is 3.89. The molecule has 2 aromatic carbocycles. The predicted molar refractivity (Wildman–Crippen MR) is 93.9 cm³/mol. The van der Waals surface area contributed by atoms with Crippen molar-refractivity contribution >= 4 is 45.2 Å². The molecule has 4 heteroatoms. The molecular formula is C15H14I2O2. The highest BCUT2D eigenvalue weighted by atomic mass is 127. The van der Waals surface area contributed by atoms with Gasteiger partial charge in [0.1, 0.15) is 11.5 Å². The molecule has 0 aliphatic rings. The van der Waals surface area contributed by atoms with Crippen molar-refractivity contribution in [1.82, 2.24) is 0 Å². The van der Waals surface area contributed by atoms with Crippen LogP contribution in [0.5, 0.6) is 11.5 Å². The molecule has 0 aromatic heterocycles. The van der Waals surface area contributed by atoms with E-state index in [4.69, 9.17) is 9.47 Å². The number of rotatable bonds is 6. The molecular weight excluding hydrogens is 466 g/mol. The van der Waals surface area contributed by atoms with Gasteiger partial charge in [-0.25, -0.2) is 0 Å². The Labute approximate surface area is 140 Å². The van der Waals surface area contributed by atoms with Crippen LogP contribution in [0.2, 0.25) is 0 Å². The van der Waals surface area contributed by atoms with Gasteiger partial charge >= 0.3 is 0 Å². The third-order valence-electron chi connectivity index (χ3n) is 2.45. The Hall–Kier alpha value is -0.500. The number of halogens is 2. The molecule has 0 amide bonds. The van der Waals surface area contributed by atoms with E-state index >= 15 is 0 Å². The molecule has 0 aliphatic heterocycles. The van der Waals surface area contributed by atoms with Crippen LogP contribution >= 0.6 is 45.2 Å². The van der Waals surface area contributed by atoms with Crippen LogP contribution in [0.4, 0.5) is 0 Å². The SMILES string of the molecule is Ic1ccc(OCCCOc2ccc(I)cc2)cc1. The summed E-state index contributed by atoms with van der Waals surface area (Å²) in [5.41, 5.74) is 0. The van der Waals surface area contributed by atoms with E-state index in [2.05, 4.69) is 45.2 Å². The van der Waals surface area contributed by atoms with Gasteiger partial charge in [-0.05, 0) is 93.7 Å². The van der Waals surface area contributed by atoms with Gasteiger partial charge < -0.3 is 9.47 Å². The fraction of sp³-hybridized carbons (Fsp3) is 0.200. The molecule has 2 aromatic rings. The maximum atomic E-state index is 5.63. The summed E-state index contributed by atoms with van der Waals surface area (Å²) in [4.78, 5) is 0. The van der Waals surface area contributed by atoms with Crippen molar-refractivity contribution in [2.45, 2.75) is 6.42 Å². The lowest BCUT2D eigenvalue weighted by atomic mass is 10.3. The fourth-order valence-electron chi connectivity index (χ4n) is 1.50. The number of hydrogen-bond donors (Lipinski definition) is 0. The fourth-order valence-corrected chi connectivity index (χ4v) is 2.22. The average Bonchev–Trinajstić information content (AvgIpc) is 2.43. The first-order chi connectivity index (χ1) is 9.24. The summed E-state index contributed by atoms with van der Waals surface area (Å²) >= 11 is 4.56. The topological polar surface area (TPSA) is 18.5 Å². The maximum Gasteiger partial charge on any atom is 0.119 e. The predicted octanol–water partition coefficient (Wildman–Crippen LogP) is 4.74. The molecule has 0 heterocycles. The summed E-state index contributed by atoms with van der Waals surface area (Å²) in [5.74, 6) is 1.82. The number of ether oxygens (including phenoxy) is 2. The first kappa shape index (κ1) is 14.9. The van der Waals surface area contributed by atoms with Gasteiger partial charge in [0.2, 0.25) is 0 Å². The van der Waals surface area contributed by atoms with E-state index in [0.29, 0.717) is 13.2 Å². The summed E-state index contributed by atoms with van der Waals surface area (Å²) in [6, 6.07) is 16.1. The molecule has 0 radical (unpaired) electrons. The third kappa shape index (κ3) is 5.56. The average molecular weight is 480 g/mol. The summed E-state index contributed by atoms with van der Waals surface area (Å²) in [6.45, 7) is 1.34. The summed E-state index contributed by atoms with van der Waals surface area (Å²) in [5, 5.41) is 0. The monoisotopic (exact) mass is 480 g/mol. The largest absolute Gasteiger partial charge is 0.493 e. The Morgan fingerprint density at radius 2 is 1.00 bits per heavy atom. The second-order valence-corrected chi connectivity index (χ2v) is 6.45. The lowest BCUT2D eigenvalue weighted by molar-refractivity contribution is 0.247. The minimum absolute atomic E-state index is 0.672. The van der Waals surface area contributed by atoms with Gasteiger partial charge in [0, 0.05) is 13.6 Å². The van der Waals surface area contributed by atoms with E-state index in [1.807, 2.05) is 48.5 Å². The lowest BCUT2D eigenvalue weighted by Gasteiger charge is -2.08. The van der Waals surface area contributed by atoms with Gasteiger partial charge in [-0.2, -0.15) is 0 Å². The zero-order valence-corrected chi connectivity index (χ0v) is 14.6. The minimum Gasteiger partial charge on any atom is -0.493 e. The van der Waals surface area contributed by atoms with Crippen LogP contribution in [0, 0.1) is 7.14 Å². The van der Waals surface area contributed by atoms with Gasteiger partial charge in [-0.1, -0.05) is 0 Å². The molecule has 0 saturated heterocycles. The van der Waals surface area contributed by atoms with Gasteiger partial charge in [-0.15, -0.1) is 0 Å². The molecule has 2 rings (SSSR count). The maximum absolute atomic E-state index is 5.63. The van der Waals surface area contributed by atoms with Gasteiger partial charge in [0.05, 0.1) is 13.2 Å². The second-order valence-electron chi connectivity index (χ2n) is 3.96. The van der Waals surface area contributed by atoms with Gasteiger partial charge in [-0.3, -0.25) is 0 Å². The molecule has 0 saturated carbocycles. The summed E-state index contributed by atoms with van der Waals surface area (Å²) < 4.78 is 13.7. The highest BCUT2D eigenvalue weighted by Gasteiger charge is 1.96. The molecule has 2 nitrogen and oxygen atoms in total. The van der Waals surface area contributed by atoms with Crippen molar-refractivity contribution in [3.05, 3.63) is 55.7 Å². The normalized spacial score (nSPS) is 10.2. The summed E-state index contributed by atoms with van der Waals surface area (Å²) in [6.07, 6.45) is 0.873. The Bertz CT molecular complexity index is 447. The Balaban J connectivity index is 1.64. The highest BCUT2D eigenvalue weighted by molar-refractivity contribution is 14.1. The Kier molecular flexibility index (Phi) is 6.22. The van der Waals surface area contributed by atoms with E-state index in [0.717, 1.165) is 17.9 Å². The van der Waals surface area contributed by atoms with Crippen molar-refractivity contribution < 1.29 is 9.47 Å². The van der Waals surface area contributed by atoms with Crippen LogP contribution in [-0.4, -0.2) is 13.2 Å². The molecule has 100 valence electrons. The first-order valence-corrected chi connectivity index (χ1v) is 8.16. The molecule has 19 heavy (non-hydrogen) atoms. The molecule has 0 unspecified atom stereocenters. The van der Waals surface area contributed by atoms with Crippen molar-refractivity contribution in [2.24, 2.45) is 0 Å². The van der Waals surface area contributed by atoms with E-state index in [1.165, 1.54) is 7.14 Å². The minimum atomic E-state index is 0.672. The quantitative estimate of drug-likeness (QED) is 0.440. The van der Waals surface area contributed by atoms with Crippen LogP contribution in [-0.2, 0) is 0 Å². The number of benzene rings is 2. The zero-order valence-electron chi connectivity index (χ0n) is 10.3. The van der Waals surface area contributed by atoms with Gasteiger partial charge in [0.15, 0.2) is 0 Å². The first-order valence-electron chi connectivity index (χ1n) is 6.01. The van der Waals surface area contributed by atoms with Crippen LogP contribution in [0.3, 0.4) is 0 Å². The standard InChI is InChI=1S/C15H14I2O2/c16-12-2-6-14(7-3-12)18-10-1-11-19-15-8-4-13(17)5-9-15/h2-9H,1,10-11H2. The molecule has 0 spiro atoms. The van der Waals surface area contributed by atoms with Crippen LogP contribution < -0.4 is 9.47 Å². The Morgan fingerprint density at radius 1 is 0.632 bits per heavy atom. The number of hydrogen-bond acceptors (Lipinski definition) is 2. The van der Waals surface area contributed by atoms with Crippen LogP contribution in [0.25, 0.3) is 0 Å². The van der Waals surface area contributed by atoms with Crippen LogP contribution in [0.15, 0.2) is 48.5 Å². The van der Waals surface area contributed by atoms with Gasteiger partial charge in [0.25, 0.3) is 0 Å². The van der Waals surface area contributed by atoms with Crippen LogP contribution in [0.1, 0.15) is 6.42 Å². The molecule has 0 aliphatic carbocycles. The highest BCUT2D eigenvalue weighted by Crippen LogP contribution is 2.15. The van der Waals surface area contributed by atoms with E-state index in [9.17, 15) is 0 Å². The van der Waals surface area contributed by atoms with Crippen molar-refractivity contribution in [2.75, 3.05) is 13.2 Å². The van der Waals surface area contributed by atoms with E-state index in [-0.39, 0.29) is 0 Å².